The highest BCUT2D eigenvalue weighted by atomic mass is 32.1. The monoisotopic (exact) mass is 403 g/mol. The number of hydrogen-bond donors (Lipinski definition) is 0. The number of rotatable bonds is 3. The lowest BCUT2D eigenvalue weighted by Crippen LogP contribution is -2.52. The molecule has 0 bridgehead atoms. The van der Waals surface area contributed by atoms with E-state index in [1.54, 1.807) is 12.4 Å². The molecule has 1 aliphatic carbocycles. The second kappa shape index (κ2) is 8.07. The summed E-state index contributed by atoms with van der Waals surface area (Å²) in [5.74, 6) is 1.22. The predicted octanol–water partition coefficient (Wildman–Crippen LogP) is 5.39. The molecule has 1 aliphatic heterocycles. The number of piperidine rings is 1. The highest BCUT2D eigenvalue weighted by molar-refractivity contribution is 7.13. The lowest BCUT2D eigenvalue weighted by atomic mass is 9.69. The molecule has 0 N–H and O–H groups in total. The molecule has 5 heteroatoms. The zero-order valence-electron chi connectivity index (χ0n) is 16.4. The normalized spacial score (nSPS) is 24.1. The molecule has 4 nitrogen and oxygen atoms in total. The highest BCUT2D eigenvalue weighted by Crippen LogP contribution is 2.44. The first-order chi connectivity index (χ1) is 14.3. The second-order valence-electron chi connectivity index (χ2n) is 8.09. The van der Waals surface area contributed by atoms with Gasteiger partial charge in [0.25, 0.3) is 5.91 Å². The first-order valence-electron chi connectivity index (χ1n) is 10.5. The van der Waals surface area contributed by atoms with Crippen LogP contribution in [0.5, 0.6) is 0 Å². The standard InChI is InChI=1S/C24H25N3OS/c28-24(21-16-29-23(26-21)18-10-13-25-14-11-18)27-15-12-19(17-6-2-1-3-7-17)20-8-4-5-9-22(20)27/h1-3,6-7,10-11,13-14,16,19-20,22H,4-5,8-9,12,15H2. The van der Waals surface area contributed by atoms with E-state index in [0.29, 0.717) is 23.6 Å². The maximum atomic E-state index is 13.4. The van der Waals surface area contributed by atoms with Crippen molar-refractivity contribution >= 4 is 17.2 Å². The van der Waals surface area contributed by atoms with Gasteiger partial charge in [-0.25, -0.2) is 4.98 Å². The van der Waals surface area contributed by atoms with E-state index in [2.05, 4.69) is 45.2 Å². The fourth-order valence-corrected chi connectivity index (χ4v) is 5.97. The van der Waals surface area contributed by atoms with E-state index in [-0.39, 0.29) is 5.91 Å². The third kappa shape index (κ3) is 3.60. The fourth-order valence-electron chi connectivity index (χ4n) is 5.17. The molecule has 0 radical (unpaired) electrons. The fraction of sp³-hybridized carbons (Fsp3) is 0.375. The van der Waals surface area contributed by atoms with Crippen LogP contribution in [0.1, 0.15) is 54.1 Å². The number of hydrogen-bond acceptors (Lipinski definition) is 4. The molecular formula is C24H25N3OS. The Morgan fingerprint density at radius 3 is 2.62 bits per heavy atom. The van der Waals surface area contributed by atoms with Crippen molar-refractivity contribution in [3.8, 4) is 10.6 Å². The van der Waals surface area contributed by atoms with Crippen molar-refractivity contribution in [1.29, 1.82) is 0 Å². The Hall–Kier alpha value is -2.53. The number of pyridine rings is 1. The van der Waals surface area contributed by atoms with E-state index < -0.39 is 0 Å². The van der Waals surface area contributed by atoms with Gasteiger partial charge in [-0.1, -0.05) is 43.2 Å². The molecule has 3 unspecified atom stereocenters. The Morgan fingerprint density at radius 1 is 1.00 bits per heavy atom. The predicted molar refractivity (Wildman–Crippen MR) is 116 cm³/mol. The maximum Gasteiger partial charge on any atom is 0.273 e. The van der Waals surface area contributed by atoms with E-state index in [4.69, 9.17) is 0 Å². The minimum atomic E-state index is 0.102. The average Bonchev–Trinajstić information content (AvgIpc) is 3.29. The Morgan fingerprint density at radius 2 is 1.79 bits per heavy atom. The number of fused-ring (bicyclic) bond motifs is 1. The number of amides is 1. The summed E-state index contributed by atoms with van der Waals surface area (Å²) < 4.78 is 0. The van der Waals surface area contributed by atoms with Crippen LogP contribution in [0.25, 0.3) is 10.6 Å². The molecule has 2 aliphatic rings. The van der Waals surface area contributed by atoms with E-state index in [1.165, 1.54) is 36.2 Å². The van der Waals surface area contributed by atoms with Crippen molar-refractivity contribution in [2.24, 2.45) is 5.92 Å². The summed E-state index contributed by atoms with van der Waals surface area (Å²) in [6.45, 7) is 0.821. The number of likely N-dealkylation sites (tertiary alicyclic amines) is 1. The largest absolute Gasteiger partial charge is 0.334 e. The quantitative estimate of drug-likeness (QED) is 0.589. The summed E-state index contributed by atoms with van der Waals surface area (Å²) in [7, 11) is 0. The summed E-state index contributed by atoms with van der Waals surface area (Å²) >= 11 is 1.54. The smallest absolute Gasteiger partial charge is 0.273 e. The van der Waals surface area contributed by atoms with Gasteiger partial charge in [0.05, 0.1) is 0 Å². The molecule has 3 aromatic rings. The number of carbonyl (C=O) groups excluding carboxylic acids is 1. The number of thiazole rings is 1. The van der Waals surface area contributed by atoms with Crippen molar-refractivity contribution in [2.45, 2.75) is 44.1 Å². The van der Waals surface area contributed by atoms with Crippen molar-refractivity contribution in [2.75, 3.05) is 6.54 Å². The molecule has 5 rings (SSSR count). The average molecular weight is 404 g/mol. The van der Waals surface area contributed by atoms with E-state index in [1.807, 2.05) is 17.5 Å². The number of benzene rings is 1. The van der Waals surface area contributed by atoms with Crippen LogP contribution in [-0.4, -0.2) is 33.4 Å². The summed E-state index contributed by atoms with van der Waals surface area (Å²) in [6.07, 6.45) is 9.38. The SMILES string of the molecule is O=C(c1csc(-c2ccncc2)n1)N1CCC(c2ccccc2)C2CCCCC21. The van der Waals surface area contributed by atoms with Gasteiger partial charge in [-0.2, -0.15) is 0 Å². The van der Waals surface area contributed by atoms with Crippen LogP contribution in [0, 0.1) is 5.92 Å². The molecule has 0 spiro atoms. The van der Waals surface area contributed by atoms with E-state index in [0.717, 1.165) is 30.0 Å². The first kappa shape index (κ1) is 18.5. The molecule has 1 saturated heterocycles. The molecule has 3 heterocycles. The minimum Gasteiger partial charge on any atom is -0.334 e. The minimum absolute atomic E-state index is 0.102. The molecule has 29 heavy (non-hydrogen) atoms. The van der Waals surface area contributed by atoms with Gasteiger partial charge in [-0.15, -0.1) is 11.3 Å². The topological polar surface area (TPSA) is 46.1 Å². The van der Waals surface area contributed by atoms with Gasteiger partial charge in [0, 0.05) is 35.9 Å². The lowest BCUT2D eigenvalue weighted by molar-refractivity contribution is 0.0315. The van der Waals surface area contributed by atoms with Gasteiger partial charge in [0.15, 0.2) is 0 Å². The molecular weight excluding hydrogens is 378 g/mol. The molecule has 148 valence electrons. The van der Waals surface area contributed by atoms with Crippen LogP contribution in [0.4, 0.5) is 0 Å². The van der Waals surface area contributed by atoms with Crippen LogP contribution >= 0.6 is 11.3 Å². The zero-order chi connectivity index (χ0) is 19.6. The second-order valence-corrected chi connectivity index (χ2v) is 8.95. The Kier molecular flexibility index (Phi) is 5.15. The zero-order valence-corrected chi connectivity index (χ0v) is 17.2. The van der Waals surface area contributed by atoms with Gasteiger partial charge < -0.3 is 4.90 Å². The third-order valence-corrected chi connectivity index (χ3v) is 7.41. The van der Waals surface area contributed by atoms with Crippen molar-refractivity contribution < 1.29 is 4.79 Å². The van der Waals surface area contributed by atoms with Gasteiger partial charge in [-0.05, 0) is 48.8 Å². The molecule has 2 fully saturated rings. The van der Waals surface area contributed by atoms with Gasteiger partial charge in [0.1, 0.15) is 10.7 Å². The van der Waals surface area contributed by atoms with Crippen molar-refractivity contribution in [3.05, 3.63) is 71.5 Å². The van der Waals surface area contributed by atoms with E-state index in [9.17, 15) is 4.79 Å². The van der Waals surface area contributed by atoms with E-state index >= 15 is 0 Å². The third-order valence-electron chi connectivity index (χ3n) is 6.52. The summed E-state index contributed by atoms with van der Waals surface area (Å²) in [4.78, 5) is 24.3. The number of aromatic nitrogens is 2. The maximum absolute atomic E-state index is 13.4. The molecule has 1 aromatic carbocycles. The Bertz CT molecular complexity index is 972. The molecule has 3 atom stereocenters. The number of nitrogens with zero attached hydrogens (tertiary/aromatic N) is 3. The van der Waals surface area contributed by atoms with Crippen LogP contribution in [-0.2, 0) is 0 Å². The Labute approximate surface area is 175 Å². The molecule has 1 saturated carbocycles. The van der Waals surface area contributed by atoms with Crippen LogP contribution in [0.2, 0.25) is 0 Å². The first-order valence-corrected chi connectivity index (χ1v) is 11.4. The van der Waals surface area contributed by atoms with Gasteiger partial charge in [-0.3, -0.25) is 9.78 Å². The number of carbonyl (C=O) groups is 1. The summed E-state index contributed by atoms with van der Waals surface area (Å²) in [5, 5.41) is 2.80. The van der Waals surface area contributed by atoms with Crippen LogP contribution in [0.3, 0.4) is 0 Å². The van der Waals surface area contributed by atoms with Crippen LogP contribution in [0.15, 0.2) is 60.2 Å². The lowest BCUT2D eigenvalue weighted by Gasteiger charge is -2.48. The van der Waals surface area contributed by atoms with Crippen molar-refractivity contribution in [3.63, 3.8) is 0 Å². The van der Waals surface area contributed by atoms with Crippen LogP contribution < -0.4 is 0 Å². The highest BCUT2D eigenvalue weighted by Gasteiger charge is 2.42. The van der Waals surface area contributed by atoms with Gasteiger partial charge >= 0.3 is 0 Å². The summed E-state index contributed by atoms with van der Waals surface area (Å²) in [5.41, 5.74) is 3.04. The Balaban J connectivity index is 1.39. The van der Waals surface area contributed by atoms with Gasteiger partial charge in [0.2, 0.25) is 0 Å². The van der Waals surface area contributed by atoms with Crippen molar-refractivity contribution in [1.82, 2.24) is 14.9 Å². The molecule has 2 aromatic heterocycles. The summed E-state index contributed by atoms with van der Waals surface area (Å²) in [6, 6.07) is 15.1. The molecule has 1 amide bonds.